The number of aromatic nitrogens is 2. The Morgan fingerprint density at radius 1 is 0.383 bits per heavy atom. The maximum absolute atomic E-state index is 7.14. The topological polar surface area (TPSA) is 36.1 Å². The molecule has 7 aromatic carbocycles. The molecule has 11 rings (SSSR count). The van der Waals surface area contributed by atoms with Crippen molar-refractivity contribution in [2.24, 2.45) is 0 Å². The van der Waals surface area contributed by atoms with E-state index >= 15 is 0 Å². The van der Waals surface area contributed by atoms with Crippen molar-refractivity contribution < 1.29 is 8.83 Å². The van der Waals surface area contributed by atoms with E-state index < -0.39 is 0 Å². The molecule has 220 valence electrons. The number of benzene rings is 7. The maximum Gasteiger partial charge on any atom is 0.160 e. The van der Waals surface area contributed by atoms with Crippen molar-refractivity contribution in [2.45, 2.75) is 6.92 Å². The van der Waals surface area contributed by atoms with E-state index in [0.717, 1.165) is 77.2 Å². The fourth-order valence-corrected chi connectivity index (χ4v) is 8.03. The second kappa shape index (κ2) is 8.93. The van der Waals surface area contributed by atoms with Gasteiger partial charge in [0.25, 0.3) is 0 Å². The van der Waals surface area contributed by atoms with Crippen LogP contribution in [0.5, 0.6) is 0 Å². The Morgan fingerprint density at radius 2 is 0.915 bits per heavy atom. The summed E-state index contributed by atoms with van der Waals surface area (Å²) in [7, 11) is 0. The van der Waals surface area contributed by atoms with E-state index in [-0.39, 0.29) is 0 Å². The summed E-state index contributed by atoms with van der Waals surface area (Å²) in [5.41, 5.74) is 11.2. The first-order valence-electron chi connectivity index (χ1n) is 16.0. The van der Waals surface area contributed by atoms with E-state index in [2.05, 4.69) is 143 Å². The number of hydrogen-bond acceptors (Lipinski definition) is 2. The van der Waals surface area contributed by atoms with Crippen molar-refractivity contribution in [1.82, 2.24) is 9.13 Å². The van der Waals surface area contributed by atoms with Crippen LogP contribution in [0.1, 0.15) is 5.56 Å². The minimum absolute atomic E-state index is 0.853. The molecule has 0 saturated carbocycles. The number of aryl methyl sites for hydroxylation is 1. The van der Waals surface area contributed by atoms with E-state index in [9.17, 15) is 0 Å². The molecule has 4 heteroatoms. The molecular formula is C43H26N2O2. The lowest BCUT2D eigenvalue weighted by Crippen LogP contribution is -1.97. The van der Waals surface area contributed by atoms with E-state index in [1.54, 1.807) is 0 Å². The van der Waals surface area contributed by atoms with Crippen LogP contribution in [0.4, 0.5) is 0 Å². The molecule has 4 aromatic heterocycles. The molecule has 0 bridgehead atoms. The van der Waals surface area contributed by atoms with Gasteiger partial charge in [-0.1, -0.05) is 103 Å². The number of para-hydroxylation sites is 5. The molecule has 0 aliphatic carbocycles. The molecule has 4 nitrogen and oxygen atoms in total. The first-order valence-corrected chi connectivity index (χ1v) is 16.0. The van der Waals surface area contributed by atoms with Crippen LogP contribution >= 0.6 is 0 Å². The maximum atomic E-state index is 7.14. The summed E-state index contributed by atoms with van der Waals surface area (Å²) in [5.74, 6) is 0. The smallest absolute Gasteiger partial charge is 0.160 e. The Hall–Kier alpha value is -6.26. The van der Waals surface area contributed by atoms with Gasteiger partial charge in [0.1, 0.15) is 5.58 Å². The number of rotatable bonds is 2. The molecule has 0 fully saturated rings. The zero-order valence-corrected chi connectivity index (χ0v) is 25.5. The van der Waals surface area contributed by atoms with Crippen LogP contribution in [-0.4, -0.2) is 9.13 Å². The van der Waals surface area contributed by atoms with Crippen LogP contribution in [0.3, 0.4) is 0 Å². The monoisotopic (exact) mass is 602 g/mol. The third-order valence-electron chi connectivity index (χ3n) is 10.0. The summed E-state index contributed by atoms with van der Waals surface area (Å²) < 4.78 is 18.5. The average Bonchev–Trinajstić information content (AvgIpc) is 3.86. The highest BCUT2D eigenvalue weighted by atomic mass is 16.3. The van der Waals surface area contributed by atoms with Crippen molar-refractivity contribution in [1.29, 1.82) is 0 Å². The van der Waals surface area contributed by atoms with Crippen LogP contribution in [-0.2, 0) is 0 Å². The lowest BCUT2D eigenvalue weighted by Gasteiger charge is -2.12. The molecule has 0 unspecified atom stereocenters. The van der Waals surface area contributed by atoms with Gasteiger partial charge in [-0.05, 0) is 48.9 Å². The highest BCUT2D eigenvalue weighted by molar-refractivity contribution is 6.22. The summed E-state index contributed by atoms with van der Waals surface area (Å²) in [5, 5.41) is 9.21. The highest BCUT2D eigenvalue weighted by Crippen LogP contribution is 2.44. The van der Waals surface area contributed by atoms with Crippen molar-refractivity contribution in [3.05, 3.63) is 145 Å². The first kappa shape index (κ1) is 25.0. The molecule has 0 N–H and O–H groups in total. The minimum atomic E-state index is 0.853. The Bertz CT molecular complexity index is 3040. The van der Waals surface area contributed by atoms with Gasteiger partial charge in [-0.3, -0.25) is 0 Å². The van der Waals surface area contributed by atoms with Crippen molar-refractivity contribution in [3.63, 3.8) is 0 Å². The summed E-state index contributed by atoms with van der Waals surface area (Å²) in [6, 6.07) is 49.6. The summed E-state index contributed by atoms with van der Waals surface area (Å²) in [6.07, 6.45) is 0. The number of furan rings is 2. The molecule has 0 amide bonds. The molecule has 0 saturated heterocycles. The van der Waals surface area contributed by atoms with Gasteiger partial charge in [-0.15, -0.1) is 0 Å². The molecule has 47 heavy (non-hydrogen) atoms. The predicted molar refractivity (Wildman–Crippen MR) is 194 cm³/mol. The van der Waals surface area contributed by atoms with Gasteiger partial charge in [0.15, 0.2) is 16.7 Å². The van der Waals surface area contributed by atoms with Crippen LogP contribution in [0, 0.1) is 6.92 Å². The highest BCUT2D eigenvalue weighted by Gasteiger charge is 2.24. The number of hydrogen-bond donors (Lipinski definition) is 0. The van der Waals surface area contributed by atoms with Gasteiger partial charge in [-0.2, -0.15) is 0 Å². The second-order valence-corrected chi connectivity index (χ2v) is 12.5. The van der Waals surface area contributed by atoms with Gasteiger partial charge in [0.05, 0.1) is 33.4 Å². The van der Waals surface area contributed by atoms with Gasteiger partial charge >= 0.3 is 0 Å². The molecule has 0 spiro atoms. The van der Waals surface area contributed by atoms with E-state index in [4.69, 9.17) is 8.83 Å². The zero-order chi connectivity index (χ0) is 30.8. The summed E-state index contributed by atoms with van der Waals surface area (Å²) >= 11 is 0. The van der Waals surface area contributed by atoms with E-state index in [1.165, 1.54) is 27.2 Å². The van der Waals surface area contributed by atoms with Crippen LogP contribution in [0.25, 0.3) is 98.9 Å². The SMILES string of the molecule is Cc1ccc2c(oc3c(-n4c5ccccc5c5ccc6c7ccccc7oc6c54)cccc32)c1-n1c2ccccc2c2ccccc21. The van der Waals surface area contributed by atoms with Crippen molar-refractivity contribution >= 4 is 87.5 Å². The third-order valence-corrected chi connectivity index (χ3v) is 10.0. The minimum Gasteiger partial charge on any atom is -0.454 e. The lowest BCUT2D eigenvalue weighted by atomic mass is 10.1. The van der Waals surface area contributed by atoms with Crippen molar-refractivity contribution in [2.75, 3.05) is 0 Å². The lowest BCUT2D eigenvalue weighted by molar-refractivity contribution is 0.662. The molecule has 11 aromatic rings. The Kier molecular flexibility index (Phi) is 4.75. The molecule has 4 heterocycles. The summed E-state index contributed by atoms with van der Waals surface area (Å²) in [6.45, 7) is 2.18. The Labute approximate surface area is 268 Å². The largest absolute Gasteiger partial charge is 0.454 e. The normalized spacial score (nSPS) is 12.4. The van der Waals surface area contributed by atoms with E-state index in [1.807, 2.05) is 12.1 Å². The van der Waals surface area contributed by atoms with Gasteiger partial charge in [0.2, 0.25) is 0 Å². The van der Waals surface area contributed by atoms with Gasteiger partial charge in [-0.25, -0.2) is 0 Å². The molecular weight excluding hydrogens is 576 g/mol. The number of nitrogens with zero attached hydrogens (tertiary/aromatic N) is 2. The van der Waals surface area contributed by atoms with Crippen LogP contribution in [0.2, 0.25) is 0 Å². The molecule has 0 radical (unpaired) electrons. The summed E-state index contributed by atoms with van der Waals surface area (Å²) in [4.78, 5) is 0. The zero-order valence-electron chi connectivity index (χ0n) is 25.5. The fourth-order valence-electron chi connectivity index (χ4n) is 8.03. The average molecular weight is 603 g/mol. The number of fused-ring (bicyclic) bond motifs is 13. The van der Waals surface area contributed by atoms with Crippen LogP contribution < -0.4 is 0 Å². The first-order chi connectivity index (χ1) is 23.3. The molecule has 0 aliphatic heterocycles. The Balaban J connectivity index is 1.29. The van der Waals surface area contributed by atoms with E-state index in [0.29, 0.717) is 0 Å². The van der Waals surface area contributed by atoms with Gasteiger partial charge < -0.3 is 18.0 Å². The quantitative estimate of drug-likeness (QED) is 0.197. The molecule has 0 atom stereocenters. The molecule has 0 aliphatic rings. The standard InChI is InChI=1S/C43H26N2O2/c1-25-21-22-33-31-15-10-19-37(41(31)47-42(33)39(25)44-34-16-6-2-11-26(34)27-12-3-7-17-35(27)44)45-36-18-8-4-13-28(36)30-23-24-32-29-14-5-9-20-38(29)46-43(32)40(30)45/h2-24H,1H3. The van der Waals surface area contributed by atoms with Crippen LogP contribution in [0.15, 0.2) is 148 Å². The predicted octanol–water partition coefficient (Wildman–Crippen LogP) is 12.0. The van der Waals surface area contributed by atoms with Gasteiger partial charge in [0, 0.05) is 43.1 Å². The van der Waals surface area contributed by atoms with Crippen molar-refractivity contribution in [3.8, 4) is 11.4 Å². The third kappa shape index (κ3) is 3.16. The second-order valence-electron chi connectivity index (χ2n) is 12.5. The fraction of sp³-hybridized carbons (Fsp3) is 0.0233. The Morgan fingerprint density at radius 3 is 1.66 bits per heavy atom.